The largest absolute Gasteiger partial charge is 0.465 e. The lowest BCUT2D eigenvalue weighted by atomic mass is 9.96. The predicted octanol–water partition coefficient (Wildman–Crippen LogP) is 4.41. The molecule has 2 aliphatic rings. The number of carbonyl (C=O) groups is 2. The van der Waals surface area contributed by atoms with Crippen LogP contribution in [0.1, 0.15) is 61.9 Å². The van der Waals surface area contributed by atoms with Crippen molar-refractivity contribution in [1.29, 1.82) is 0 Å². The Labute approximate surface area is 205 Å². The third kappa shape index (κ3) is 6.26. The molecule has 35 heavy (non-hydrogen) atoms. The molecule has 2 atom stereocenters. The smallest absolute Gasteiger partial charge is 0.410 e. The number of anilines is 1. The summed E-state index contributed by atoms with van der Waals surface area (Å²) in [6.45, 7) is 7.76. The Kier molecular flexibility index (Phi) is 7.23. The van der Waals surface area contributed by atoms with Gasteiger partial charge in [-0.05, 0) is 63.6 Å². The summed E-state index contributed by atoms with van der Waals surface area (Å²) in [4.78, 5) is 37.3. The van der Waals surface area contributed by atoms with Gasteiger partial charge < -0.3 is 19.3 Å². The standard InChI is InChI=1S/C26H33FN4O4/c1-26(2,3)35-25(33)31(22-13-21(22)18-5-7-20(27)8-6-18)16-17-9-11-30(12-10-17)24-28-14-19(15-29-24)23(32)34-4/h5-8,14-15,17,21-22H,9-13,16H2,1-4H3. The minimum Gasteiger partial charge on any atom is -0.465 e. The van der Waals surface area contributed by atoms with Crippen LogP contribution in [0.3, 0.4) is 0 Å². The number of rotatable bonds is 6. The van der Waals surface area contributed by atoms with E-state index >= 15 is 0 Å². The van der Waals surface area contributed by atoms with Gasteiger partial charge in [-0.25, -0.2) is 23.9 Å². The fourth-order valence-corrected chi connectivity index (χ4v) is 4.56. The van der Waals surface area contributed by atoms with Crippen LogP contribution in [0, 0.1) is 11.7 Å². The van der Waals surface area contributed by atoms with Gasteiger partial charge in [0, 0.05) is 44.0 Å². The number of piperidine rings is 1. The average Bonchev–Trinajstić information content (AvgIpc) is 3.62. The maximum Gasteiger partial charge on any atom is 0.410 e. The predicted molar refractivity (Wildman–Crippen MR) is 129 cm³/mol. The Bertz CT molecular complexity index is 1030. The lowest BCUT2D eigenvalue weighted by molar-refractivity contribution is 0.0190. The van der Waals surface area contributed by atoms with Gasteiger partial charge in [-0.2, -0.15) is 0 Å². The summed E-state index contributed by atoms with van der Waals surface area (Å²) in [6.07, 6.45) is 5.28. The lowest BCUT2D eigenvalue weighted by Crippen LogP contribution is -2.44. The Balaban J connectivity index is 1.38. The third-order valence-corrected chi connectivity index (χ3v) is 6.49. The highest BCUT2D eigenvalue weighted by Gasteiger charge is 2.46. The summed E-state index contributed by atoms with van der Waals surface area (Å²) in [6, 6.07) is 6.60. The van der Waals surface area contributed by atoms with Crippen molar-refractivity contribution in [1.82, 2.24) is 14.9 Å². The molecule has 1 amide bonds. The van der Waals surface area contributed by atoms with Crippen molar-refractivity contribution in [2.75, 3.05) is 31.6 Å². The molecule has 8 nitrogen and oxygen atoms in total. The molecule has 9 heteroatoms. The average molecular weight is 485 g/mol. The van der Waals surface area contributed by atoms with Crippen LogP contribution in [0.2, 0.25) is 0 Å². The number of halogens is 1. The molecule has 2 fully saturated rings. The zero-order valence-corrected chi connectivity index (χ0v) is 20.7. The number of carbonyl (C=O) groups excluding carboxylic acids is 2. The van der Waals surface area contributed by atoms with E-state index in [-0.39, 0.29) is 23.9 Å². The second-order valence-corrected chi connectivity index (χ2v) is 10.3. The number of methoxy groups -OCH3 is 1. The van der Waals surface area contributed by atoms with Crippen molar-refractivity contribution >= 4 is 18.0 Å². The van der Waals surface area contributed by atoms with E-state index in [1.807, 2.05) is 25.7 Å². The zero-order valence-electron chi connectivity index (χ0n) is 20.7. The molecule has 188 valence electrons. The third-order valence-electron chi connectivity index (χ3n) is 6.49. The molecule has 2 aromatic rings. The first-order valence-electron chi connectivity index (χ1n) is 12.0. The normalized spacial score (nSPS) is 20.3. The van der Waals surface area contributed by atoms with E-state index < -0.39 is 11.6 Å². The van der Waals surface area contributed by atoms with Crippen LogP contribution in [0.4, 0.5) is 15.1 Å². The van der Waals surface area contributed by atoms with Crippen LogP contribution < -0.4 is 4.90 Å². The molecule has 1 aromatic carbocycles. The molecule has 2 heterocycles. The molecule has 0 N–H and O–H groups in total. The van der Waals surface area contributed by atoms with Crippen LogP contribution in [0.15, 0.2) is 36.7 Å². The van der Waals surface area contributed by atoms with Crippen LogP contribution in [-0.4, -0.2) is 65.3 Å². The van der Waals surface area contributed by atoms with Crippen molar-refractivity contribution in [2.24, 2.45) is 5.92 Å². The summed E-state index contributed by atoms with van der Waals surface area (Å²) < 4.78 is 23.8. The molecule has 0 bridgehead atoms. The second kappa shape index (κ2) is 10.2. The van der Waals surface area contributed by atoms with Crippen molar-refractivity contribution < 1.29 is 23.5 Å². The summed E-state index contributed by atoms with van der Waals surface area (Å²) in [5, 5.41) is 0. The maximum atomic E-state index is 13.4. The summed E-state index contributed by atoms with van der Waals surface area (Å²) in [5.41, 5.74) is 0.791. The second-order valence-electron chi connectivity index (χ2n) is 10.3. The molecular formula is C26H33FN4O4. The van der Waals surface area contributed by atoms with Gasteiger partial charge in [0.25, 0.3) is 0 Å². The first kappa shape index (κ1) is 24.9. The number of esters is 1. The highest BCUT2D eigenvalue weighted by Crippen LogP contribution is 2.45. The van der Waals surface area contributed by atoms with Crippen LogP contribution in [-0.2, 0) is 9.47 Å². The molecule has 1 aromatic heterocycles. The molecule has 1 saturated carbocycles. The Morgan fingerprint density at radius 3 is 2.31 bits per heavy atom. The minimum atomic E-state index is -0.577. The molecule has 0 radical (unpaired) electrons. The number of amides is 1. The molecule has 2 unspecified atom stereocenters. The van der Waals surface area contributed by atoms with Gasteiger partial charge in [0.15, 0.2) is 0 Å². The fourth-order valence-electron chi connectivity index (χ4n) is 4.56. The number of hydrogen-bond acceptors (Lipinski definition) is 7. The van der Waals surface area contributed by atoms with Crippen LogP contribution in [0.25, 0.3) is 0 Å². The molecule has 1 saturated heterocycles. The van der Waals surface area contributed by atoms with Crippen molar-refractivity contribution in [3.8, 4) is 0 Å². The van der Waals surface area contributed by atoms with E-state index in [1.165, 1.54) is 31.6 Å². The van der Waals surface area contributed by atoms with Gasteiger partial charge in [0.1, 0.15) is 11.4 Å². The van der Waals surface area contributed by atoms with Gasteiger partial charge in [-0.3, -0.25) is 0 Å². The number of benzene rings is 1. The number of hydrogen-bond donors (Lipinski definition) is 0. The summed E-state index contributed by atoms with van der Waals surface area (Å²) in [7, 11) is 1.32. The van der Waals surface area contributed by atoms with Gasteiger partial charge in [-0.1, -0.05) is 12.1 Å². The highest BCUT2D eigenvalue weighted by atomic mass is 19.1. The fraction of sp³-hybridized carbons (Fsp3) is 0.538. The highest BCUT2D eigenvalue weighted by molar-refractivity contribution is 5.88. The van der Waals surface area contributed by atoms with Gasteiger partial charge in [0.2, 0.25) is 5.95 Å². The Morgan fingerprint density at radius 1 is 1.11 bits per heavy atom. The summed E-state index contributed by atoms with van der Waals surface area (Å²) >= 11 is 0. The van der Waals surface area contributed by atoms with E-state index in [4.69, 9.17) is 9.47 Å². The van der Waals surface area contributed by atoms with E-state index in [9.17, 15) is 14.0 Å². The number of nitrogens with zero attached hydrogens (tertiary/aromatic N) is 4. The maximum absolute atomic E-state index is 13.4. The van der Waals surface area contributed by atoms with Gasteiger partial charge in [-0.15, -0.1) is 0 Å². The molecule has 0 spiro atoms. The lowest BCUT2D eigenvalue weighted by Gasteiger charge is -2.35. The van der Waals surface area contributed by atoms with E-state index in [1.54, 1.807) is 12.1 Å². The Hall–Kier alpha value is -3.23. The van der Waals surface area contributed by atoms with E-state index in [2.05, 4.69) is 14.9 Å². The van der Waals surface area contributed by atoms with Crippen LogP contribution in [0.5, 0.6) is 0 Å². The van der Waals surface area contributed by atoms with Crippen molar-refractivity contribution in [3.05, 3.63) is 53.6 Å². The number of aromatic nitrogens is 2. The molecule has 1 aliphatic heterocycles. The molecular weight excluding hydrogens is 451 g/mol. The topological polar surface area (TPSA) is 84.9 Å². The zero-order chi connectivity index (χ0) is 25.2. The van der Waals surface area contributed by atoms with Crippen LogP contribution >= 0.6 is 0 Å². The minimum absolute atomic E-state index is 0.0579. The van der Waals surface area contributed by atoms with Gasteiger partial charge in [0.05, 0.1) is 12.7 Å². The SMILES string of the molecule is COC(=O)c1cnc(N2CCC(CN(C(=O)OC(C)(C)C)C3CC3c3ccc(F)cc3)CC2)nc1. The summed E-state index contributed by atoms with van der Waals surface area (Å²) in [5.74, 6) is 0.383. The first-order valence-corrected chi connectivity index (χ1v) is 12.0. The van der Waals surface area contributed by atoms with Crippen molar-refractivity contribution in [3.63, 3.8) is 0 Å². The van der Waals surface area contributed by atoms with E-state index in [0.717, 1.165) is 37.9 Å². The van der Waals surface area contributed by atoms with Gasteiger partial charge >= 0.3 is 12.1 Å². The number of ether oxygens (including phenoxy) is 2. The molecule has 1 aliphatic carbocycles. The van der Waals surface area contributed by atoms with E-state index in [0.29, 0.717) is 24.0 Å². The quantitative estimate of drug-likeness (QED) is 0.562. The molecule has 4 rings (SSSR count). The van der Waals surface area contributed by atoms with Crippen molar-refractivity contribution in [2.45, 2.75) is 57.6 Å². The monoisotopic (exact) mass is 484 g/mol. The Morgan fingerprint density at radius 2 is 1.74 bits per heavy atom. The first-order chi connectivity index (χ1) is 16.6.